The fraction of sp³-hybridized carbons (Fsp3) is 0.773. The zero-order valence-corrected chi connectivity index (χ0v) is 17.4. The molecule has 0 bridgehead atoms. The summed E-state index contributed by atoms with van der Waals surface area (Å²) in [5, 5.41) is 0. The number of carbonyl (C=O) groups is 2. The Bertz CT molecular complexity index is 634. The van der Waals surface area contributed by atoms with Gasteiger partial charge in [-0.2, -0.15) is 0 Å². The molecule has 1 aromatic rings. The lowest BCUT2D eigenvalue weighted by Crippen LogP contribution is -2.40. The molecule has 0 spiro atoms. The fourth-order valence-corrected chi connectivity index (χ4v) is 4.46. The maximum atomic E-state index is 12.8. The van der Waals surface area contributed by atoms with Gasteiger partial charge in [0, 0.05) is 63.9 Å². The monoisotopic (exact) mass is 388 g/mol. The molecule has 3 heterocycles. The second kappa shape index (κ2) is 10.6. The number of unbranched alkanes of at least 4 members (excludes halogenated alkanes) is 1. The van der Waals surface area contributed by atoms with E-state index in [1.807, 2.05) is 16.0 Å². The van der Waals surface area contributed by atoms with Gasteiger partial charge in [0.1, 0.15) is 5.82 Å². The second-order valence-corrected chi connectivity index (χ2v) is 8.31. The molecule has 3 rings (SSSR count). The van der Waals surface area contributed by atoms with Crippen molar-refractivity contribution >= 4 is 11.8 Å². The van der Waals surface area contributed by atoms with Gasteiger partial charge < -0.3 is 14.4 Å². The molecule has 28 heavy (non-hydrogen) atoms. The number of rotatable bonds is 7. The molecule has 2 saturated heterocycles. The van der Waals surface area contributed by atoms with Crippen molar-refractivity contribution in [2.24, 2.45) is 0 Å². The first-order chi connectivity index (χ1) is 13.7. The fourth-order valence-electron chi connectivity index (χ4n) is 4.46. The third kappa shape index (κ3) is 5.58. The highest BCUT2D eigenvalue weighted by Crippen LogP contribution is 2.26. The number of hydrogen-bond donors (Lipinski definition) is 0. The largest absolute Gasteiger partial charge is 0.343 e. The van der Waals surface area contributed by atoms with E-state index in [0.29, 0.717) is 18.8 Å². The van der Waals surface area contributed by atoms with Crippen molar-refractivity contribution < 1.29 is 9.59 Å². The number of aryl methyl sites for hydroxylation is 1. The Kier molecular flexibility index (Phi) is 7.92. The predicted octanol–water partition coefficient (Wildman–Crippen LogP) is 3.57. The lowest BCUT2D eigenvalue weighted by molar-refractivity contribution is -0.137. The van der Waals surface area contributed by atoms with Crippen LogP contribution in [-0.2, 0) is 16.1 Å². The Balaban J connectivity index is 1.50. The third-order valence-electron chi connectivity index (χ3n) is 6.15. The lowest BCUT2D eigenvalue weighted by Gasteiger charge is -2.33. The topological polar surface area (TPSA) is 58.4 Å². The van der Waals surface area contributed by atoms with E-state index in [1.165, 1.54) is 12.8 Å². The maximum absolute atomic E-state index is 12.8. The Morgan fingerprint density at radius 3 is 2.39 bits per heavy atom. The van der Waals surface area contributed by atoms with E-state index in [9.17, 15) is 9.59 Å². The first-order valence-corrected chi connectivity index (χ1v) is 11.3. The van der Waals surface area contributed by atoms with Crippen LogP contribution < -0.4 is 0 Å². The highest BCUT2D eigenvalue weighted by molar-refractivity contribution is 5.84. The summed E-state index contributed by atoms with van der Waals surface area (Å²) in [5.41, 5.74) is 0. The Hall–Kier alpha value is -1.85. The standard InChI is InChI=1S/C22H36N4O2/c1-2-3-13-25-17-12-23-22(25)19-9-8-16-26(18-19)21(28)11-10-20(27)24-14-6-4-5-7-15-24/h12,17,19H,2-11,13-16,18H2,1H3/t19-/m0/s1. The molecule has 1 aromatic heterocycles. The second-order valence-electron chi connectivity index (χ2n) is 8.31. The Morgan fingerprint density at radius 2 is 1.68 bits per heavy atom. The average Bonchev–Trinajstić information content (AvgIpc) is 3.02. The highest BCUT2D eigenvalue weighted by Gasteiger charge is 2.28. The number of nitrogens with zero attached hydrogens (tertiary/aromatic N) is 4. The van der Waals surface area contributed by atoms with E-state index in [0.717, 1.165) is 77.1 Å². The van der Waals surface area contributed by atoms with Crippen molar-refractivity contribution in [2.75, 3.05) is 26.2 Å². The minimum Gasteiger partial charge on any atom is -0.343 e. The molecular formula is C22H36N4O2. The van der Waals surface area contributed by atoms with Crippen LogP contribution in [0.25, 0.3) is 0 Å². The maximum Gasteiger partial charge on any atom is 0.223 e. The van der Waals surface area contributed by atoms with Gasteiger partial charge in [0.25, 0.3) is 0 Å². The number of likely N-dealkylation sites (tertiary alicyclic amines) is 2. The molecule has 2 amide bonds. The van der Waals surface area contributed by atoms with Crippen LogP contribution in [0.3, 0.4) is 0 Å². The van der Waals surface area contributed by atoms with Crippen molar-refractivity contribution in [2.45, 2.75) is 83.6 Å². The molecule has 0 unspecified atom stereocenters. The summed E-state index contributed by atoms with van der Waals surface area (Å²) in [5.74, 6) is 1.70. The molecular weight excluding hydrogens is 352 g/mol. The van der Waals surface area contributed by atoms with Crippen molar-refractivity contribution in [1.82, 2.24) is 19.4 Å². The van der Waals surface area contributed by atoms with Gasteiger partial charge in [-0.3, -0.25) is 9.59 Å². The molecule has 0 saturated carbocycles. The van der Waals surface area contributed by atoms with Crippen molar-refractivity contribution in [3.8, 4) is 0 Å². The van der Waals surface area contributed by atoms with Gasteiger partial charge in [0.2, 0.25) is 11.8 Å². The van der Waals surface area contributed by atoms with Crippen LogP contribution in [0.1, 0.15) is 82.9 Å². The molecule has 6 heteroatoms. The van der Waals surface area contributed by atoms with Crippen LogP contribution >= 0.6 is 0 Å². The zero-order valence-electron chi connectivity index (χ0n) is 17.4. The van der Waals surface area contributed by atoms with E-state index in [4.69, 9.17) is 0 Å². The molecule has 156 valence electrons. The Labute approximate surface area is 169 Å². The first-order valence-electron chi connectivity index (χ1n) is 11.3. The van der Waals surface area contributed by atoms with Gasteiger partial charge in [-0.15, -0.1) is 0 Å². The third-order valence-corrected chi connectivity index (χ3v) is 6.15. The smallest absolute Gasteiger partial charge is 0.223 e. The summed E-state index contributed by atoms with van der Waals surface area (Å²) in [6.45, 7) is 6.46. The zero-order chi connectivity index (χ0) is 19.8. The van der Waals surface area contributed by atoms with E-state index in [-0.39, 0.29) is 11.8 Å². The SMILES string of the molecule is CCCCn1ccnc1[C@H]1CCCN(C(=O)CCC(=O)N2CCCCCC2)C1. The summed E-state index contributed by atoms with van der Waals surface area (Å²) < 4.78 is 2.25. The summed E-state index contributed by atoms with van der Waals surface area (Å²) in [6, 6.07) is 0. The van der Waals surface area contributed by atoms with Crippen LogP contribution in [0.2, 0.25) is 0 Å². The molecule has 0 aliphatic carbocycles. The summed E-state index contributed by atoms with van der Waals surface area (Å²) >= 11 is 0. The number of aromatic nitrogens is 2. The molecule has 2 aliphatic heterocycles. The van der Waals surface area contributed by atoms with Gasteiger partial charge >= 0.3 is 0 Å². The van der Waals surface area contributed by atoms with Crippen molar-refractivity contribution in [3.05, 3.63) is 18.2 Å². The lowest BCUT2D eigenvalue weighted by atomic mass is 9.96. The molecule has 0 N–H and O–H groups in total. The minimum atomic E-state index is 0.125. The van der Waals surface area contributed by atoms with Crippen molar-refractivity contribution in [3.63, 3.8) is 0 Å². The van der Waals surface area contributed by atoms with E-state index < -0.39 is 0 Å². The molecule has 6 nitrogen and oxygen atoms in total. The van der Waals surface area contributed by atoms with Crippen LogP contribution in [0, 0.1) is 0 Å². The number of carbonyl (C=O) groups excluding carboxylic acids is 2. The number of piperidine rings is 1. The van der Waals surface area contributed by atoms with Gasteiger partial charge in [0.05, 0.1) is 0 Å². The summed E-state index contributed by atoms with van der Waals surface area (Å²) in [7, 11) is 0. The number of amides is 2. The van der Waals surface area contributed by atoms with Gasteiger partial charge in [-0.1, -0.05) is 26.2 Å². The van der Waals surface area contributed by atoms with Crippen LogP contribution in [0.5, 0.6) is 0 Å². The minimum absolute atomic E-state index is 0.125. The van der Waals surface area contributed by atoms with Gasteiger partial charge in [-0.25, -0.2) is 4.98 Å². The quantitative estimate of drug-likeness (QED) is 0.717. The van der Waals surface area contributed by atoms with Crippen LogP contribution in [0.15, 0.2) is 12.4 Å². The molecule has 2 fully saturated rings. The van der Waals surface area contributed by atoms with Crippen molar-refractivity contribution in [1.29, 1.82) is 0 Å². The van der Waals surface area contributed by atoms with Gasteiger partial charge in [0.15, 0.2) is 0 Å². The van der Waals surface area contributed by atoms with Crippen LogP contribution in [-0.4, -0.2) is 57.3 Å². The van der Waals surface area contributed by atoms with Crippen LogP contribution in [0.4, 0.5) is 0 Å². The normalized spacial score (nSPS) is 20.8. The Morgan fingerprint density at radius 1 is 1.00 bits per heavy atom. The number of hydrogen-bond acceptors (Lipinski definition) is 3. The van der Waals surface area contributed by atoms with E-state index >= 15 is 0 Å². The van der Waals surface area contributed by atoms with Gasteiger partial charge in [-0.05, 0) is 32.1 Å². The molecule has 2 aliphatic rings. The molecule has 0 radical (unpaired) electrons. The highest BCUT2D eigenvalue weighted by atomic mass is 16.2. The number of imidazole rings is 1. The molecule has 1 atom stereocenters. The van der Waals surface area contributed by atoms with E-state index in [1.54, 1.807) is 0 Å². The summed E-state index contributed by atoms with van der Waals surface area (Å²) in [6.07, 6.45) is 13.7. The summed E-state index contributed by atoms with van der Waals surface area (Å²) in [4.78, 5) is 33.7. The van der Waals surface area contributed by atoms with E-state index in [2.05, 4.69) is 22.7 Å². The molecule has 0 aromatic carbocycles. The first kappa shape index (κ1) is 20.9. The predicted molar refractivity (Wildman–Crippen MR) is 110 cm³/mol. The average molecular weight is 389 g/mol.